The predicted molar refractivity (Wildman–Crippen MR) is 110 cm³/mol. The van der Waals surface area contributed by atoms with E-state index in [1.54, 1.807) is 12.1 Å². The van der Waals surface area contributed by atoms with Gasteiger partial charge in [-0.25, -0.2) is 0 Å². The maximum Gasteiger partial charge on any atom is 0.306 e. The van der Waals surface area contributed by atoms with Crippen molar-refractivity contribution in [1.29, 1.82) is 0 Å². The van der Waals surface area contributed by atoms with E-state index in [0.717, 1.165) is 10.8 Å². The molecule has 0 radical (unpaired) electrons. The van der Waals surface area contributed by atoms with Crippen molar-refractivity contribution in [3.63, 3.8) is 0 Å². The number of Topliss-reactive ketones (excluding diaryl/α,β-unsaturated/α-hetero) is 1. The molecule has 0 saturated carbocycles. The first kappa shape index (κ1) is 20.7. The van der Waals surface area contributed by atoms with E-state index in [1.165, 1.54) is 24.3 Å². The maximum absolute atomic E-state index is 12.2. The lowest BCUT2D eigenvalue weighted by atomic mass is 10.0. The van der Waals surface area contributed by atoms with Gasteiger partial charge in [-0.1, -0.05) is 36.4 Å². The highest BCUT2D eigenvalue weighted by Crippen LogP contribution is 2.17. The molecule has 0 aliphatic rings. The van der Waals surface area contributed by atoms with Gasteiger partial charge >= 0.3 is 5.97 Å². The molecule has 0 fully saturated rings. The zero-order valence-corrected chi connectivity index (χ0v) is 15.9. The minimum Gasteiger partial charge on any atom is -0.457 e. The summed E-state index contributed by atoms with van der Waals surface area (Å²) in [4.78, 5) is 46.1. The smallest absolute Gasteiger partial charge is 0.306 e. The Morgan fingerprint density at radius 1 is 0.900 bits per heavy atom. The summed E-state index contributed by atoms with van der Waals surface area (Å²) in [5.74, 6) is -1.44. The van der Waals surface area contributed by atoms with Crippen molar-refractivity contribution in [3.05, 3.63) is 82.4 Å². The molecule has 3 aromatic carbocycles. The Hall–Kier alpha value is -4.07. The van der Waals surface area contributed by atoms with E-state index in [1.807, 2.05) is 30.3 Å². The third kappa shape index (κ3) is 5.48. The summed E-state index contributed by atoms with van der Waals surface area (Å²) in [5, 5.41) is 15.1. The van der Waals surface area contributed by atoms with Crippen LogP contribution in [0.3, 0.4) is 0 Å². The van der Waals surface area contributed by atoms with Gasteiger partial charge in [-0.05, 0) is 29.0 Å². The number of amides is 1. The second-order valence-corrected chi connectivity index (χ2v) is 6.50. The Kier molecular flexibility index (Phi) is 6.49. The number of ether oxygens (including phenoxy) is 1. The van der Waals surface area contributed by atoms with Crippen molar-refractivity contribution in [2.75, 3.05) is 11.9 Å². The van der Waals surface area contributed by atoms with Crippen LogP contribution in [-0.4, -0.2) is 29.2 Å². The minimum atomic E-state index is -0.664. The molecule has 0 aliphatic carbocycles. The van der Waals surface area contributed by atoms with Gasteiger partial charge < -0.3 is 10.1 Å². The first-order chi connectivity index (χ1) is 14.4. The van der Waals surface area contributed by atoms with E-state index in [9.17, 15) is 24.5 Å². The Balaban J connectivity index is 1.44. The number of esters is 1. The van der Waals surface area contributed by atoms with Crippen LogP contribution in [0.1, 0.15) is 23.2 Å². The number of nitro groups is 1. The van der Waals surface area contributed by atoms with Crippen LogP contribution < -0.4 is 5.32 Å². The number of anilines is 1. The Bertz CT molecular complexity index is 1110. The first-order valence-corrected chi connectivity index (χ1v) is 9.14. The summed E-state index contributed by atoms with van der Waals surface area (Å²) in [7, 11) is 0. The van der Waals surface area contributed by atoms with Crippen LogP contribution in [0.5, 0.6) is 0 Å². The first-order valence-electron chi connectivity index (χ1n) is 9.14. The number of nitrogens with one attached hydrogen (secondary N) is 1. The lowest BCUT2D eigenvalue weighted by Crippen LogP contribution is -2.17. The Morgan fingerprint density at radius 2 is 1.60 bits per heavy atom. The Morgan fingerprint density at radius 3 is 2.30 bits per heavy atom. The van der Waals surface area contributed by atoms with E-state index in [-0.39, 0.29) is 24.3 Å². The van der Waals surface area contributed by atoms with Crippen LogP contribution in [0.25, 0.3) is 10.8 Å². The lowest BCUT2D eigenvalue weighted by Gasteiger charge is -2.07. The number of carbonyl (C=O) groups is 3. The highest BCUT2D eigenvalue weighted by Gasteiger charge is 2.13. The van der Waals surface area contributed by atoms with Crippen LogP contribution in [0.2, 0.25) is 0 Å². The third-order valence-electron chi connectivity index (χ3n) is 4.35. The zero-order valence-electron chi connectivity index (χ0n) is 15.9. The van der Waals surface area contributed by atoms with Crippen molar-refractivity contribution in [2.24, 2.45) is 0 Å². The third-order valence-corrected chi connectivity index (χ3v) is 4.35. The summed E-state index contributed by atoms with van der Waals surface area (Å²) in [6.07, 6.45) is -0.330. The largest absolute Gasteiger partial charge is 0.457 e. The molecule has 30 heavy (non-hydrogen) atoms. The van der Waals surface area contributed by atoms with E-state index in [0.29, 0.717) is 11.3 Å². The van der Waals surface area contributed by atoms with Crippen molar-refractivity contribution in [3.8, 4) is 0 Å². The highest BCUT2D eigenvalue weighted by atomic mass is 16.6. The molecule has 0 unspecified atom stereocenters. The average Bonchev–Trinajstić information content (AvgIpc) is 2.76. The van der Waals surface area contributed by atoms with Gasteiger partial charge in [0.05, 0.1) is 11.3 Å². The summed E-state index contributed by atoms with van der Waals surface area (Å²) >= 11 is 0. The summed E-state index contributed by atoms with van der Waals surface area (Å²) < 4.78 is 4.97. The van der Waals surface area contributed by atoms with E-state index >= 15 is 0 Å². The predicted octanol–water partition coefficient (Wildman–Crippen LogP) is 3.89. The number of benzene rings is 3. The van der Waals surface area contributed by atoms with E-state index in [4.69, 9.17) is 4.74 Å². The average molecular weight is 406 g/mol. The second kappa shape index (κ2) is 9.42. The van der Waals surface area contributed by atoms with Gasteiger partial charge in [-0.3, -0.25) is 24.5 Å². The quantitative estimate of drug-likeness (QED) is 0.263. The molecule has 8 heteroatoms. The number of hydrogen-bond acceptors (Lipinski definition) is 6. The Labute approximate surface area is 171 Å². The molecule has 0 aromatic heterocycles. The number of hydrogen-bond donors (Lipinski definition) is 1. The topological polar surface area (TPSA) is 116 Å². The lowest BCUT2D eigenvalue weighted by molar-refractivity contribution is -0.384. The molecule has 152 valence electrons. The van der Waals surface area contributed by atoms with Crippen molar-refractivity contribution < 1.29 is 24.0 Å². The highest BCUT2D eigenvalue weighted by molar-refractivity contribution is 6.01. The summed E-state index contributed by atoms with van der Waals surface area (Å²) in [5.41, 5.74) is 0.732. The number of rotatable bonds is 8. The molecular formula is C22H18N2O6. The van der Waals surface area contributed by atoms with Crippen molar-refractivity contribution in [2.45, 2.75) is 12.8 Å². The van der Waals surface area contributed by atoms with Gasteiger partial charge in [0, 0.05) is 29.8 Å². The molecule has 0 aliphatic heterocycles. The fourth-order valence-electron chi connectivity index (χ4n) is 2.77. The number of carbonyl (C=O) groups excluding carboxylic acids is 3. The van der Waals surface area contributed by atoms with Crippen LogP contribution in [0.15, 0.2) is 66.7 Å². The van der Waals surface area contributed by atoms with Gasteiger partial charge in [-0.2, -0.15) is 0 Å². The molecule has 0 heterocycles. The number of ketones is 1. The summed E-state index contributed by atoms with van der Waals surface area (Å²) in [6, 6.07) is 18.2. The van der Waals surface area contributed by atoms with Gasteiger partial charge in [-0.15, -0.1) is 0 Å². The van der Waals surface area contributed by atoms with Crippen LogP contribution in [-0.2, 0) is 14.3 Å². The normalized spacial score (nSPS) is 10.4. The number of non-ortho nitro benzene ring substituents is 1. The van der Waals surface area contributed by atoms with Gasteiger partial charge in [0.15, 0.2) is 12.4 Å². The standard InChI is InChI=1S/C22H18N2O6/c25-20(17-6-5-15-3-1-2-4-16(15)13-17)14-30-22(27)12-11-21(26)23-18-7-9-19(10-8-18)24(28)29/h1-10,13H,11-12,14H2,(H,23,26). The molecule has 0 spiro atoms. The fraction of sp³-hybridized carbons (Fsp3) is 0.136. The minimum absolute atomic E-state index is 0.0901. The molecule has 0 bridgehead atoms. The molecule has 0 saturated heterocycles. The van der Waals surface area contributed by atoms with Gasteiger partial charge in [0.25, 0.3) is 5.69 Å². The molecule has 3 aromatic rings. The van der Waals surface area contributed by atoms with Crippen LogP contribution >= 0.6 is 0 Å². The summed E-state index contributed by atoms with van der Waals surface area (Å²) in [6.45, 7) is -0.402. The zero-order chi connectivity index (χ0) is 21.5. The van der Waals surface area contributed by atoms with Crippen LogP contribution in [0.4, 0.5) is 11.4 Å². The van der Waals surface area contributed by atoms with E-state index < -0.39 is 23.4 Å². The van der Waals surface area contributed by atoms with Crippen LogP contribution in [0, 0.1) is 10.1 Å². The fourth-order valence-corrected chi connectivity index (χ4v) is 2.77. The SMILES string of the molecule is O=C(CCC(=O)OCC(=O)c1ccc2ccccc2c1)Nc1ccc([N+](=O)[O-])cc1. The van der Waals surface area contributed by atoms with Crippen molar-refractivity contribution in [1.82, 2.24) is 0 Å². The molecule has 8 nitrogen and oxygen atoms in total. The molecule has 3 rings (SSSR count). The van der Waals surface area contributed by atoms with Crippen molar-refractivity contribution >= 4 is 39.8 Å². The second-order valence-electron chi connectivity index (χ2n) is 6.50. The molecule has 1 amide bonds. The number of nitro benzene ring substituents is 1. The molecular weight excluding hydrogens is 388 g/mol. The monoisotopic (exact) mass is 406 g/mol. The van der Waals surface area contributed by atoms with Gasteiger partial charge in [0.2, 0.25) is 5.91 Å². The molecule has 1 N–H and O–H groups in total. The maximum atomic E-state index is 12.2. The number of fused-ring (bicyclic) bond motifs is 1. The number of nitrogens with zero attached hydrogens (tertiary/aromatic N) is 1. The molecule has 0 atom stereocenters. The van der Waals surface area contributed by atoms with Gasteiger partial charge in [0.1, 0.15) is 0 Å². The van der Waals surface area contributed by atoms with E-state index in [2.05, 4.69) is 5.32 Å².